The van der Waals surface area contributed by atoms with E-state index in [9.17, 15) is 9.59 Å². The summed E-state index contributed by atoms with van der Waals surface area (Å²) >= 11 is 1.68. The van der Waals surface area contributed by atoms with Crippen molar-refractivity contribution in [2.75, 3.05) is 25.6 Å². The fourth-order valence-electron chi connectivity index (χ4n) is 1.11. The van der Waals surface area contributed by atoms with Crippen molar-refractivity contribution in [3.05, 3.63) is 34.2 Å². The molecule has 0 aliphatic heterocycles. The smallest absolute Gasteiger partial charge is 0.270 e. The summed E-state index contributed by atoms with van der Waals surface area (Å²) in [5.74, 6) is 0.737. The van der Waals surface area contributed by atoms with E-state index in [0.717, 1.165) is 5.75 Å². The van der Waals surface area contributed by atoms with E-state index in [1.165, 1.54) is 6.07 Å². The van der Waals surface area contributed by atoms with E-state index in [-0.39, 0.29) is 11.5 Å². The molecule has 1 aromatic heterocycles. The summed E-state index contributed by atoms with van der Waals surface area (Å²) in [6.45, 7) is 0.678. The summed E-state index contributed by atoms with van der Waals surface area (Å²) in [7, 11) is 1.73. The zero-order chi connectivity index (χ0) is 11.3. The highest BCUT2D eigenvalue weighted by Crippen LogP contribution is 1.99. The zero-order valence-corrected chi connectivity index (χ0v) is 9.63. The van der Waals surface area contributed by atoms with Crippen LogP contribution in [-0.4, -0.2) is 41.4 Å². The third kappa shape index (κ3) is 3.43. The highest BCUT2D eigenvalue weighted by atomic mass is 32.2. The first-order valence-electron chi connectivity index (χ1n) is 4.59. The molecule has 0 spiro atoms. The molecule has 1 N–H and O–H groups in total. The zero-order valence-electron chi connectivity index (χ0n) is 8.82. The Morgan fingerprint density at radius 2 is 2.27 bits per heavy atom. The van der Waals surface area contributed by atoms with Crippen molar-refractivity contribution in [2.24, 2.45) is 0 Å². The second-order valence-electron chi connectivity index (χ2n) is 3.15. The average molecular weight is 226 g/mol. The molecule has 0 bridgehead atoms. The van der Waals surface area contributed by atoms with Gasteiger partial charge in [-0.25, -0.2) is 0 Å². The number of hydrogen-bond acceptors (Lipinski definition) is 3. The average Bonchev–Trinajstić information content (AvgIpc) is 2.24. The summed E-state index contributed by atoms with van der Waals surface area (Å²) in [6, 6.07) is 4.58. The minimum Gasteiger partial charge on any atom is -0.340 e. The van der Waals surface area contributed by atoms with Gasteiger partial charge in [-0.15, -0.1) is 0 Å². The molecule has 0 aliphatic carbocycles. The lowest BCUT2D eigenvalue weighted by atomic mass is 10.3. The van der Waals surface area contributed by atoms with Crippen molar-refractivity contribution < 1.29 is 4.79 Å². The number of H-pyrrole nitrogens is 1. The van der Waals surface area contributed by atoms with Gasteiger partial charge in [0.15, 0.2) is 0 Å². The van der Waals surface area contributed by atoms with Crippen LogP contribution in [0.1, 0.15) is 10.5 Å². The number of thioether (sulfide) groups is 1. The number of aromatic nitrogens is 1. The van der Waals surface area contributed by atoms with Gasteiger partial charge in [-0.3, -0.25) is 9.59 Å². The Hall–Kier alpha value is -1.23. The van der Waals surface area contributed by atoms with Crippen molar-refractivity contribution in [3.63, 3.8) is 0 Å². The number of carbonyl (C=O) groups excluding carboxylic acids is 1. The van der Waals surface area contributed by atoms with Crippen LogP contribution in [0.5, 0.6) is 0 Å². The number of rotatable bonds is 4. The van der Waals surface area contributed by atoms with Crippen molar-refractivity contribution in [1.29, 1.82) is 0 Å². The minimum atomic E-state index is -0.251. The highest BCUT2D eigenvalue weighted by molar-refractivity contribution is 7.98. The molecular formula is C10H14N2O2S. The Morgan fingerprint density at radius 3 is 2.87 bits per heavy atom. The Kier molecular flexibility index (Phi) is 4.42. The van der Waals surface area contributed by atoms with Crippen LogP contribution in [0.15, 0.2) is 23.0 Å². The van der Waals surface area contributed by atoms with Gasteiger partial charge < -0.3 is 9.88 Å². The molecule has 15 heavy (non-hydrogen) atoms. The number of nitrogens with one attached hydrogen (secondary N) is 1. The molecule has 5 heteroatoms. The van der Waals surface area contributed by atoms with Gasteiger partial charge in [0, 0.05) is 25.4 Å². The van der Waals surface area contributed by atoms with Crippen LogP contribution in [0.25, 0.3) is 0 Å². The van der Waals surface area contributed by atoms with Crippen molar-refractivity contribution in [1.82, 2.24) is 9.88 Å². The molecule has 0 saturated carbocycles. The third-order valence-corrected chi connectivity index (χ3v) is 2.57. The maximum Gasteiger partial charge on any atom is 0.270 e. The lowest BCUT2D eigenvalue weighted by Gasteiger charge is -2.15. The highest BCUT2D eigenvalue weighted by Gasteiger charge is 2.11. The summed E-state index contributed by atoms with van der Waals surface area (Å²) in [4.78, 5) is 26.9. The first-order valence-corrected chi connectivity index (χ1v) is 5.98. The van der Waals surface area contributed by atoms with Gasteiger partial charge >= 0.3 is 0 Å². The van der Waals surface area contributed by atoms with Crippen molar-refractivity contribution in [3.8, 4) is 0 Å². The molecule has 82 valence electrons. The Labute approximate surface area is 92.7 Å². The van der Waals surface area contributed by atoms with Gasteiger partial charge in [-0.2, -0.15) is 11.8 Å². The van der Waals surface area contributed by atoms with Gasteiger partial charge in [-0.1, -0.05) is 6.07 Å². The molecule has 0 fully saturated rings. The van der Waals surface area contributed by atoms with Gasteiger partial charge in [-0.05, 0) is 12.3 Å². The Morgan fingerprint density at radius 1 is 1.53 bits per heavy atom. The van der Waals surface area contributed by atoms with Crippen molar-refractivity contribution >= 4 is 17.7 Å². The molecule has 1 heterocycles. The number of carbonyl (C=O) groups is 1. The third-order valence-electron chi connectivity index (χ3n) is 1.98. The van der Waals surface area contributed by atoms with Gasteiger partial charge in [0.05, 0.1) is 0 Å². The fraction of sp³-hybridized carbons (Fsp3) is 0.400. The largest absolute Gasteiger partial charge is 0.340 e. The second-order valence-corrected chi connectivity index (χ2v) is 4.13. The van der Waals surface area contributed by atoms with E-state index in [2.05, 4.69) is 4.98 Å². The van der Waals surface area contributed by atoms with E-state index in [0.29, 0.717) is 12.2 Å². The predicted octanol–water partition coefficient (Wildman–Crippen LogP) is 0.810. The predicted molar refractivity (Wildman–Crippen MR) is 62.4 cm³/mol. The number of hydrogen-bond donors (Lipinski definition) is 1. The molecule has 0 aromatic carbocycles. The molecule has 0 saturated heterocycles. The molecule has 1 amide bonds. The first kappa shape index (κ1) is 11.8. The van der Waals surface area contributed by atoms with E-state index in [4.69, 9.17) is 0 Å². The molecular weight excluding hydrogens is 212 g/mol. The molecule has 0 atom stereocenters. The molecule has 1 rings (SSSR count). The molecule has 1 aromatic rings. The number of pyridine rings is 1. The van der Waals surface area contributed by atoms with E-state index >= 15 is 0 Å². The normalized spacial score (nSPS) is 10.0. The minimum absolute atomic E-state index is 0.151. The standard InChI is InChI=1S/C10H14N2O2S/c1-12(6-7-15-2)10(14)8-4-3-5-9(13)11-8/h3-5H,6-7H2,1-2H3,(H,11,13). The number of nitrogens with zero attached hydrogens (tertiary/aromatic N) is 1. The second kappa shape index (κ2) is 5.60. The van der Waals surface area contributed by atoms with Crippen LogP contribution in [0.3, 0.4) is 0 Å². The lowest BCUT2D eigenvalue weighted by Crippen LogP contribution is -2.30. The van der Waals surface area contributed by atoms with Crippen LogP contribution >= 0.6 is 11.8 Å². The van der Waals surface area contributed by atoms with Crippen LogP contribution in [0, 0.1) is 0 Å². The Bertz CT molecular complexity index is 389. The molecule has 0 unspecified atom stereocenters. The van der Waals surface area contributed by atoms with Crippen LogP contribution in [0.4, 0.5) is 0 Å². The van der Waals surface area contributed by atoms with Crippen LogP contribution < -0.4 is 5.56 Å². The summed E-state index contributed by atoms with van der Waals surface area (Å²) < 4.78 is 0. The maximum atomic E-state index is 11.7. The van der Waals surface area contributed by atoms with Gasteiger partial charge in [0.2, 0.25) is 5.56 Å². The maximum absolute atomic E-state index is 11.7. The molecule has 4 nitrogen and oxygen atoms in total. The monoisotopic (exact) mass is 226 g/mol. The number of aromatic amines is 1. The summed E-state index contributed by atoms with van der Waals surface area (Å²) in [6.07, 6.45) is 1.99. The SMILES string of the molecule is CSCCN(C)C(=O)c1cccc(=O)[nH]1. The van der Waals surface area contributed by atoms with Crippen LogP contribution in [-0.2, 0) is 0 Å². The number of amides is 1. The van der Waals surface area contributed by atoms with E-state index in [1.807, 2.05) is 6.26 Å². The topological polar surface area (TPSA) is 53.2 Å². The molecule has 0 radical (unpaired) electrons. The van der Waals surface area contributed by atoms with Crippen molar-refractivity contribution in [2.45, 2.75) is 0 Å². The first-order chi connectivity index (χ1) is 7.15. The molecule has 0 aliphatic rings. The van der Waals surface area contributed by atoms with Crippen LogP contribution in [0.2, 0.25) is 0 Å². The fourth-order valence-corrected chi connectivity index (χ4v) is 1.56. The Balaban J connectivity index is 2.72. The van der Waals surface area contributed by atoms with Gasteiger partial charge in [0.1, 0.15) is 5.69 Å². The van der Waals surface area contributed by atoms with E-state index in [1.54, 1.807) is 35.8 Å². The summed E-state index contributed by atoms with van der Waals surface area (Å²) in [5.41, 5.74) is 0.0882. The van der Waals surface area contributed by atoms with Gasteiger partial charge in [0.25, 0.3) is 5.91 Å². The van der Waals surface area contributed by atoms with E-state index < -0.39 is 0 Å². The summed E-state index contributed by atoms with van der Waals surface area (Å²) in [5, 5.41) is 0. The lowest BCUT2D eigenvalue weighted by molar-refractivity contribution is 0.0798. The quantitative estimate of drug-likeness (QED) is 0.826.